The van der Waals surface area contributed by atoms with Gasteiger partial charge in [-0.2, -0.15) is 18.2 Å². The number of hydrazine groups is 1. The van der Waals surface area contributed by atoms with Crippen molar-refractivity contribution in [2.75, 3.05) is 0 Å². The van der Waals surface area contributed by atoms with Crippen LogP contribution in [-0.4, -0.2) is 22.6 Å². The van der Waals surface area contributed by atoms with Crippen molar-refractivity contribution in [3.05, 3.63) is 47.5 Å². The molecule has 0 saturated carbocycles. The van der Waals surface area contributed by atoms with Crippen molar-refractivity contribution in [3.8, 4) is 0 Å². The molecule has 0 unspecified atom stereocenters. The lowest BCUT2D eigenvalue weighted by Crippen LogP contribution is -2.51. The van der Waals surface area contributed by atoms with Crippen LogP contribution in [0.5, 0.6) is 0 Å². The summed E-state index contributed by atoms with van der Waals surface area (Å²) < 4.78 is 42.8. The fraction of sp³-hybridized carbons (Fsp3) is 0.542. The number of hydrogen-bond donors (Lipinski definition) is 1. The predicted octanol–water partition coefficient (Wildman–Crippen LogP) is 6.47. The Bertz CT molecular complexity index is 892. The number of carbonyl (C=O) groups excluding carboxylic acids is 1. The van der Waals surface area contributed by atoms with Gasteiger partial charge in [-0.1, -0.05) is 62.9 Å². The van der Waals surface area contributed by atoms with Gasteiger partial charge in [0.2, 0.25) is 5.91 Å². The van der Waals surface area contributed by atoms with Crippen molar-refractivity contribution < 1.29 is 18.0 Å². The maximum absolute atomic E-state index is 14.3. The summed E-state index contributed by atoms with van der Waals surface area (Å²) in [5, 5.41) is 2.89. The van der Waals surface area contributed by atoms with Gasteiger partial charge in [0.05, 0.1) is 0 Å². The van der Waals surface area contributed by atoms with Gasteiger partial charge in [-0.05, 0) is 54.7 Å². The number of rotatable bonds is 8. The maximum Gasteiger partial charge on any atom is 0.409 e. The molecular formula is C24H31F3N2O. The molecule has 0 aromatic heterocycles. The summed E-state index contributed by atoms with van der Waals surface area (Å²) in [7, 11) is 0. The van der Waals surface area contributed by atoms with Crippen LogP contribution < -0.4 is 5.43 Å². The maximum atomic E-state index is 14.3. The molecule has 0 spiro atoms. The van der Waals surface area contributed by atoms with E-state index in [1.807, 2.05) is 24.3 Å². The fourth-order valence-corrected chi connectivity index (χ4v) is 4.40. The highest BCUT2D eigenvalue weighted by Crippen LogP contribution is 2.44. The third-order valence-electron chi connectivity index (χ3n) is 5.89. The second-order valence-corrected chi connectivity index (χ2v) is 8.90. The zero-order chi connectivity index (χ0) is 21.9. The van der Waals surface area contributed by atoms with Crippen molar-refractivity contribution in [1.29, 1.82) is 0 Å². The van der Waals surface area contributed by atoms with Crippen molar-refractivity contribution >= 4 is 16.7 Å². The van der Waals surface area contributed by atoms with Crippen LogP contribution in [0.2, 0.25) is 0 Å². The van der Waals surface area contributed by atoms with Gasteiger partial charge in [0, 0.05) is 12.0 Å². The van der Waals surface area contributed by atoms with Crippen LogP contribution in [0.4, 0.5) is 13.2 Å². The van der Waals surface area contributed by atoms with Crippen LogP contribution in [0.15, 0.2) is 36.4 Å². The first-order valence-electron chi connectivity index (χ1n) is 10.8. The smallest absolute Gasteiger partial charge is 0.287 e. The van der Waals surface area contributed by atoms with Gasteiger partial charge in [0.15, 0.2) is 6.04 Å². The lowest BCUT2D eigenvalue weighted by Gasteiger charge is -2.38. The lowest BCUT2D eigenvalue weighted by atomic mass is 9.91. The molecule has 1 atom stereocenters. The Balaban J connectivity index is 2.00. The van der Waals surface area contributed by atoms with Crippen LogP contribution in [0, 0.1) is 0 Å². The Morgan fingerprint density at radius 3 is 2.43 bits per heavy atom. The fourth-order valence-electron chi connectivity index (χ4n) is 4.40. The second-order valence-electron chi connectivity index (χ2n) is 8.90. The molecule has 2 aromatic rings. The van der Waals surface area contributed by atoms with Gasteiger partial charge in [-0.25, -0.2) is 0 Å². The van der Waals surface area contributed by atoms with Gasteiger partial charge in [-0.3, -0.25) is 10.2 Å². The molecule has 0 radical (unpaired) electrons. The highest BCUT2D eigenvalue weighted by molar-refractivity contribution is 5.86. The Kier molecular flexibility index (Phi) is 6.75. The minimum Gasteiger partial charge on any atom is -0.287 e. The molecule has 3 rings (SSSR count). The number of unbranched alkanes of at least 4 members (excludes halogenated alkanes) is 4. The molecule has 164 valence electrons. The molecule has 0 aliphatic carbocycles. The molecule has 1 aliphatic heterocycles. The molecule has 0 bridgehead atoms. The molecule has 1 amide bonds. The Hall–Kier alpha value is -2.08. The van der Waals surface area contributed by atoms with E-state index in [1.165, 1.54) is 6.42 Å². The summed E-state index contributed by atoms with van der Waals surface area (Å²) in [5.74, 6) is -0.383. The number of carbonyl (C=O) groups is 1. The summed E-state index contributed by atoms with van der Waals surface area (Å²) in [6, 6.07) is 9.04. The van der Waals surface area contributed by atoms with E-state index in [2.05, 4.69) is 12.3 Å². The Morgan fingerprint density at radius 2 is 1.80 bits per heavy atom. The molecule has 1 saturated heterocycles. The largest absolute Gasteiger partial charge is 0.409 e. The zero-order valence-electron chi connectivity index (χ0n) is 18.0. The van der Waals surface area contributed by atoms with Crippen LogP contribution in [0.25, 0.3) is 10.8 Å². The number of nitrogens with one attached hydrogen (secondary N) is 1. The number of halogens is 3. The molecule has 1 aliphatic rings. The van der Waals surface area contributed by atoms with Crippen molar-refractivity contribution in [2.24, 2.45) is 0 Å². The Labute approximate surface area is 176 Å². The minimum atomic E-state index is -4.52. The van der Waals surface area contributed by atoms with Crippen LogP contribution in [-0.2, 0) is 11.2 Å². The van der Waals surface area contributed by atoms with E-state index in [0.717, 1.165) is 53.4 Å². The van der Waals surface area contributed by atoms with Gasteiger partial charge < -0.3 is 0 Å². The summed E-state index contributed by atoms with van der Waals surface area (Å²) in [5.41, 5.74) is 2.65. The molecule has 1 heterocycles. The van der Waals surface area contributed by atoms with Gasteiger partial charge >= 0.3 is 6.18 Å². The predicted molar refractivity (Wildman–Crippen MR) is 114 cm³/mol. The van der Waals surface area contributed by atoms with Gasteiger partial charge in [0.25, 0.3) is 0 Å². The van der Waals surface area contributed by atoms with E-state index in [0.29, 0.717) is 0 Å². The average Bonchev–Trinajstić information content (AvgIpc) is 2.92. The molecule has 1 fully saturated rings. The number of hydrogen-bond acceptors (Lipinski definition) is 2. The summed E-state index contributed by atoms with van der Waals surface area (Å²) >= 11 is 0. The van der Waals surface area contributed by atoms with E-state index < -0.39 is 17.8 Å². The molecule has 2 aromatic carbocycles. The highest BCUT2D eigenvalue weighted by Gasteiger charge is 2.53. The summed E-state index contributed by atoms with van der Waals surface area (Å²) in [6.45, 7) is 5.49. The van der Waals surface area contributed by atoms with Crippen LogP contribution in [0.1, 0.15) is 76.5 Å². The molecular weight excluding hydrogens is 389 g/mol. The number of benzene rings is 2. The summed E-state index contributed by atoms with van der Waals surface area (Å²) in [6.07, 6.45) is 1.78. The van der Waals surface area contributed by atoms with Crippen LogP contribution in [0.3, 0.4) is 0 Å². The SMILES string of the molecule is CCCCCCCc1cc([C@H](N2NC(=O)CC2(C)C)C(F)(F)F)cc2ccccc12. The van der Waals surface area contributed by atoms with E-state index in [-0.39, 0.29) is 17.9 Å². The average molecular weight is 421 g/mol. The minimum absolute atomic E-state index is 0.0391. The first-order valence-corrected chi connectivity index (χ1v) is 10.8. The van der Waals surface area contributed by atoms with Crippen molar-refractivity contribution in [2.45, 2.75) is 83.5 Å². The number of fused-ring (bicyclic) bond motifs is 1. The third-order valence-corrected chi connectivity index (χ3v) is 5.89. The first-order chi connectivity index (χ1) is 14.1. The number of alkyl halides is 3. The monoisotopic (exact) mass is 420 g/mol. The highest BCUT2D eigenvalue weighted by atomic mass is 19.4. The molecule has 30 heavy (non-hydrogen) atoms. The normalized spacial score (nSPS) is 18.0. The van der Waals surface area contributed by atoms with E-state index >= 15 is 0 Å². The van der Waals surface area contributed by atoms with Crippen LogP contribution >= 0.6 is 0 Å². The first kappa shape index (κ1) is 22.6. The van der Waals surface area contributed by atoms with Gasteiger partial charge in [-0.15, -0.1) is 0 Å². The van der Waals surface area contributed by atoms with Crippen molar-refractivity contribution in [1.82, 2.24) is 10.4 Å². The van der Waals surface area contributed by atoms with Crippen molar-refractivity contribution in [3.63, 3.8) is 0 Å². The molecule has 3 nitrogen and oxygen atoms in total. The topological polar surface area (TPSA) is 32.3 Å². The quantitative estimate of drug-likeness (QED) is 0.496. The van der Waals surface area contributed by atoms with E-state index in [4.69, 9.17) is 0 Å². The zero-order valence-corrected chi connectivity index (χ0v) is 18.0. The standard InChI is InChI=1S/C24H31F3N2O/c1-4-5-6-7-8-11-17-14-19(15-18-12-9-10-13-20(17)18)22(24(25,26)27)29-23(2,3)16-21(30)28-29/h9-10,12-15,22H,4-8,11,16H2,1-3H3,(H,28,30)/t22-/m0/s1. The third kappa shape index (κ3) is 4.97. The van der Waals surface area contributed by atoms with E-state index in [9.17, 15) is 18.0 Å². The Morgan fingerprint density at radius 1 is 1.10 bits per heavy atom. The summed E-state index contributed by atoms with van der Waals surface area (Å²) in [4.78, 5) is 11.9. The number of nitrogens with zero attached hydrogens (tertiary/aromatic N) is 1. The number of aryl methyl sites for hydroxylation is 1. The van der Waals surface area contributed by atoms with Gasteiger partial charge in [0.1, 0.15) is 0 Å². The second kappa shape index (κ2) is 8.96. The number of amides is 1. The van der Waals surface area contributed by atoms with E-state index in [1.54, 1.807) is 26.0 Å². The lowest BCUT2D eigenvalue weighted by molar-refractivity contribution is -0.203. The molecule has 6 heteroatoms. The molecule has 1 N–H and O–H groups in total.